The third kappa shape index (κ3) is 4.16. The van der Waals surface area contributed by atoms with E-state index in [9.17, 15) is 9.59 Å². The zero-order chi connectivity index (χ0) is 22.0. The van der Waals surface area contributed by atoms with Crippen LogP contribution in [-0.4, -0.2) is 26.6 Å². The molecule has 0 aliphatic carbocycles. The lowest BCUT2D eigenvalue weighted by molar-refractivity contribution is 0.0475. The van der Waals surface area contributed by atoms with Crippen LogP contribution in [0.5, 0.6) is 0 Å². The summed E-state index contributed by atoms with van der Waals surface area (Å²) < 4.78 is 7.36. The van der Waals surface area contributed by atoms with Crippen LogP contribution in [0.15, 0.2) is 66.9 Å². The second kappa shape index (κ2) is 8.39. The number of pyridine rings is 1. The topological polar surface area (TPSA) is 100 Å². The molecular weight excluding hydrogens is 392 g/mol. The molecule has 0 spiro atoms. The quantitative estimate of drug-likeness (QED) is 0.478. The molecule has 0 aliphatic heterocycles. The van der Waals surface area contributed by atoms with Gasteiger partial charge in [-0.2, -0.15) is 5.10 Å². The first-order valence-corrected chi connectivity index (χ1v) is 9.93. The molecule has 0 atom stereocenters. The van der Waals surface area contributed by atoms with Crippen LogP contribution < -0.4 is 5.73 Å². The summed E-state index contributed by atoms with van der Waals surface area (Å²) in [7, 11) is 0. The Hall–Kier alpha value is -4.00. The summed E-state index contributed by atoms with van der Waals surface area (Å²) in [6, 6.07) is 18.1. The van der Waals surface area contributed by atoms with Gasteiger partial charge in [0.05, 0.1) is 22.8 Å². The number of ether oxygens (including phenoxy) is 1. The summed E-state index contributed by atoms with van der Waals surface area (Å²) >= 11 is 0. The summed E-state index contributed by atoms with van der Waals surface area (Å²) in [4.78, 5) is 29.0. The predicted octanol–water partition coefficient (Wildman–Crippen LogP) is 4.14. The molecule has 2 aromatic heterocycles. The standard InChI is InChI=1S/C24H22N4O3/c1-15(2)28-23-20(13-26-28)19(12-21(27-23)17-6-4-3-5-7-17)24(30)31-14-16-8-10-18(11-9-16)22(25)29/h3-13,15H,14H2,1-2H3,(H2,25,29). The minimum atomic E-state index is -0.502. The second-order valence-electron chi connectivity index (χ2n) is 7.48. The number of hydrogen-bond donors (Lipinski definition) is 1. The first-order chi connectivity index (χ1) is 14.9. The molecule has 156 valence electrons. The van der Waals surface area contributed by atoms with E-state index in [0.29, 0.717) is 27.9 Å². The van der Waals surface area contributed by atoms with E-state index < -0.39 is 11.9 Å². The summed E-state index contributed by atoms with van der Waals surface area (Å²) in [5.74, 6) is -0.967. The Morgan fingerprint density at radius 2 is 1.77 bits per heavy atom. The van der Waals surface area contributed by atoms with Gasteiger partial charge < -0.3 is 10.5 Å². The number of fused-ring (bicyclic) bond motifs is 1. The van der Waals surface area contributed by atoms with Crippen LogP contribution in [0.1, 0.15) is 46.2 Å². The largest absolute Gasteiger partial charge is 0.457 e. The number of hydrogen-bond acceptors (Lipinski definition) is 5. The number of carbonyl (C=O) groups is 2. The van der Waals surface area contributed by atoms with Crippen molar-refractivity contribution in [2.45, 2.75) is 26.5 Å². The average molecular weight is 414 g/mol. The fraction of sp³-hybridized carbons (Fsp3) is 0.167. The smallest absolute Gasteiger partial charge is 0.339 e. The fourth-order valence-electron chi connectivity index (χ4n) is 3.31. The number of primary amides is 1. The lowest BCUT2D eigenvalue weighted by Gasteiger charge is -2.11. The number of rotatable bonds is 6. The first-order valence-electron chi connectivity index (χ1n) is 9.93. The molecule has 7 nitrogen and oxygen atoms in total. The molecule has 4 rings (SSSR count). The van der Waals surface area contributed by atoms with Crippen molar-refractivity contribution in [3.8, 4) is 11.3 Å². The maximum atomic E-state index is 13.0. The van der Waals surface area contributed by atoms with Crippen LogP contribution in [0.3, 0.4) is 0 Å². The molecule has 0 radical (unpaired) electrons. The molecule has 0 saturated heterocycles. The van der Waals surface area contributed by atoms with Gasteiger partial charge >= 0.3 is 5.97 Å². The number of benzene rings is 2. The first kappa shape index (κ1) is 20.3. The van der Waals surface area contributed by atoms with Gasteiger partial charge in [-0.3, -0.25) is 4.79 Å². The Bertz CT molecular complexity index is 1250. The molecule has 0 aliphatic rings. The molecule has 0 saturated carbocycles. The Labute approximate surface area is 179 Å². The Kier molecular flexibility index (Phi) is 5.49. The second-order valence-corrected chi connectivity index (χ2v) is 7.48. The monoisotopic (exact) mass is 414 g/mol. The highest BCUT2D eigenvalue weighted by Gasteiger charge is 2.19. The van der Waals surface area contributed by atoms with Crippen LogP contribution in [-0.2, 0) is 11.3 Å². The van der Waals surface area contributed by atoms with Crippen molar-refractivity contribution >= 4 is 22.9 Å². The van der Waals surface area contributed by atoms with Crippen molar-refractivity contribution in [2.75, 3.05) is 0 Å². The molecule has 2 heterocycles. The van der Waals surface area contributed by atoms with E-state index in [1.807, 2.05) is 44.2 Å². The van der Waals surface area contributed by atoms with Crippen LogP contribution in [0.2, 0.25) is 0 Å². The SMILES string of the molecule is CC(C)n1ncc2c(C(=O)OCc3ccc(C(N)=O)cc3)cc(-c3ccccc3)nc21. The summed E-state index contributed by atoms with van der Waals surface area (Å²) in [6.07, 6.45) is 1.65. The maximum Gasteiger partial charge on any atom is 0.339 e. The van der Waals surface area contributed by atoms with E-state index in [-0.39, 0.29) is 12.6 Å². The van der Waals surface area contributed by atoms with Crippen LogP contribution in [0.4, 0.5) is 0 Å². The molecule has 2 N–H and O–H groups in total. The molecule has 1 amide bonds. The van der Waals surface area contributed by atoms with Gasteiger partial charge in [0.2, 0.25) is 5.91 Å². The van der Waals surface area contributed by atoms with Gasteiger partial charge in [-0.05, 0) is 37.6 Å². The number of nitrogens with two attached hydrogens (primary N) is 1. The molecule has 0 bridgehead atoms. The van der Waals surface area contributed by atoms with Gasteiger partial charge in [0.1, 0.15) is 6.61 Å². The van der Waals surface area contributed by atoms with Gasteiger partial charge in [-0.1, -0.05) is 42.5 Å². The van der Waals surface area contributed by atoms with Crippen molar-refractivity contribution in [3.63, 3.8) is 0 Å². The van der Waals surface area contributed by atoms with Crippen molar-refractivity contribution in [2.24, 2.45) is 5.73 Å². The zero-order valence-corrected chi connectivity index (χ0v) is 17.3. The van der Waals surface area contributed by atoms with Crippen molar-refractivity contribution < 1.29 is 14.3 Å². The number of nitrogens with zero attached hydrogens (tertiary/aromatic N) is 3. The minimum Gasteiger partial charge on any atom is -0.457 e. The van der Waals surface area contributed by atoms with Crippen molar-refractivity contribution in [3.05, 3.63) is 83.6 Å². The molecule has 0 unspecified atom stereocenters. The third-order valence-corrected chi connectivity index (χ3v) is 4.95. The van der Waals surface area contributed by atoms with Crippen LogP contribution in [0.25, 0.3) is 22.3 Å². The van der Waals surface area contributed by atoms with E-state index in [1.165, 1.54) is 0 Å². The average Bonchev–Trinajstić information content (AvgIpc) is 3.22. The lowest BCUT2D eigenvalue weighted by Crippen LogP contribution is -2.11. The van der Waals surface area contributed by atoms with Crippen LogP contribution in [0, 0.1) is 0 Å². The Balaban J connectivity index is 1.68. The zero-order valence-electron chi connectivity index (χ0n) is 17.3. The van der Waals surface area contributed by atoms with E-state index >= 15 is 0 Å². The highest BCUT2D eigenvalue weighted by atomic mass is 16.5. The number of carbonyl (C=O) groups excluding carboxylic acids is 2. The minimum absolute atomic E-state index is 0.0701. The van der Waals surface area contributed by atoms with E-state index in [2.05, 4.69) is 5.10 Å². The fourth-order valence-corrected chi connectivity index (χ4v) is 3.31. The van der Waals surface area contributed by atoms with Gasteiger partial charge in [-0.25, -0.2) is 14.5 Å². The number of aromatic nitrogens is 3. The molecule has 4 aromatic rings. The molecule has 31 heavy (non-hydrogen) atoms. The Morgan fingerprint density at radius 3 is 2.42 bits per heavy atom. The van der Waals surface area contributed by atoms with Crippen LogP contribution >= 0.6 is 0 Å². The molecule has 2 aromatic carbocycles. The third-order valence-electron chi connectivity index (χ3n) is 4.95. The van der Waals surface area contributed by atoms with E-state index in [4.69, 9.17) is 15.5 Å². The highest BCUT2D eigenvalue weighted by Crippen LogP contribution is 2.27. The van der Waals surface area contributed by atoms with Crippen molar-refractivity contribution in [1.82, 2.24) is 14.8 Å². The Morgan fingerprint density at radius 1 is 1.06 bits per heavy atom. The maximum absolute atomic E-state index is 13.0. The predicted molar refractivity (Wildman–Crippen MR) is 117 cm³/mol. The molecule has 7 heteroatoms. The summed E-state index contributed by atoms with van der Waals surface area (Å²) in [6.45, 7) is 4.09. The van der Waals surface area contributed by atoms with E-state index in [0.717, 1.165) is 11.1 Å². The van der Waals surface area contributed by atoms with Gasteiger partial charge in [-0.15, -0.1) is 0 Å². The normalized spacial score (nSPS) is 11.1. The molecular formula is C24H22N4O3. The number of esters is 1. The highest BCUT2D eigenvalue weighted by molar-refractivity contribution is 6.03. The lowest BCUT2D eigenvalue weighted by atomic mass is 10.1. The number of amides is 1. The summed E-state index contributed by atoms with van der Waals surface area (Å²) in [5, 5.41) is 5.06. The van der Waals surface area contributed by atoms with Gasteiger partial charge in [0.15, 0.2) is 5.65 Å². The molecule has 0 fully saturated rings. The van der Waals surface area contributed by atoms with Gasteiger partial charge in [0, 0.05) is 17.2 Å². The van der Waals surface area contributed by atoms with Crippen molar-refractivity contribution in [1.29, 1.82) is 0 Å². The van der Waals surface area contributed by atoms with E-state index in [1.54, 1.807) is 41.2 Å². The summed E-state index contributed by atoms with van der Waals surface area (Å²) in [5.41, 5.74) is 9.03. The van der Waals surface area contributed by atoms with Gasteiger partial charge in [0.25, 0.3) is 0 Å².